The molecule has 0 amide bonds. The van der Waals surface area contributed by atoms with Crippen LogP contribution in [0.2, 0.25) is 0 Å². The van der Waals surface area contributed by atoms with Crippen molar-refractivity contribution in [2.24, 2.45) is 0 Å². The summed E-state index contributed by atoms with van der Waals surface area (Å²) in [5.74, 6) is -5.72. The Kier molecular flexibility index (Phi) is 12.9. The average molecular weight is 573 g/mol. The molecule has 2 rings (SSSR count). The number of ether oxygens (including phenoxy) is 2. The molecule has 2 aliphatic rings. The molecule has 0 bridgehead atoms. The summed E-state index contributed by atoms with van der Waals surface area (Å²) in [7, 11) is 0. The topological polar surface area (TPSA) is 161 Å². The van der Waals surface area contributed by atoms with Crippen LogP contribution in [0.5, 0.6) is 0 Å². The maximum absolute atomic E-state index is 12.6. The van der Waals surface area contributed by atoms with E-state index in [4.69, 9.17) is 9.47 Å². The Morgan fingerprint density at radius 3 is 1.39 bits per heavy atom. The van der Waals surface area contributed by atoms with E-state index >= 15 is 0 Å². The number of carbonyl (C=O) groups excluding carboxylic acids is 6. The third kappa shape index (κ3) is 9.09. The molecule has 0 aromatic carbocycles. The molecule has 2 aliphatic carbocycles. The third-order valence-corrected chi connectivity index (χ3v) is 7.17. The first-order valence-corrected chi connectivity index (χ1v) is 14.2. The largest absolute Gasteiger partial charge is 0.504 e. The predicted molar refractivity (Wildman–Crippen MR) is 148 cm³/mol. The van der Waals surface area contributed by atoms with E-state index in [0.717, 1.165) is 71.6 Å². The van der Waals surface area contributed by atoms with Crippen LogP contribution in [0.15, 0.2) is 45.3 Å². The van der Waals surface area contributed by atoms with E-state index in [9.17, 15) is 39.0 Å². The molecular formula is C31H40O10. The van der Waals surface area contributed by atoms with Gasteiger partial charge in [-0.05, 0) is 39.5 Å². The number of esters is 2. The highest BCUT2D eigenvalue weighted by atomic mass is 16.5. The molecule has 0 saturated carbocycles. The molecule has 0 spiro atoms. The van der Waals surface area contributed by atoms with E-state index in [-0.39, 0.29) is 46.7 Å². The van der Waals surface area contributed by atoms with Gasteiger partial charge in [0.25, 0.3) is 0 Å². The van der Waals surface area contributed by atoms with Crippen LogP contribution in [0.25, 0.3) is 0 Å². The van der Waals surface area contributed by atoms with E-state index in [0.29, 0.717) is 12.8 Å². The van der Waals surface area contributed by atoms with Crippen LogP contribution in [0, 0.1) is 0 Å². The van der Waals surface area contributed by atoms with Crippen molar-refractivity contribution >= 4 is 35.1 Å². The number of rotatable bonds is 16. The number of hydrogen-bond donors (Lipinski definition) is 2. The smallest absolute Gasteiger partial charge is 0.308 e. The Bertz CT molecular complexity index is 1230. The maximum atomic E-state index is 12.6. The zero-order valence-electron chi connectivity index (χ0n) is 24.4. The van der Waals surface area contributed by atoms with Crippen molar-refractivity contribution in [3.8, 4) is 0 Å². The fourth-order valence-corrected chi connectivity index (χ4v) is 4.84. The van der Waals surface area contributed by atoms with Crippen LogP contribution >= 0.6 is 0 Å². The van der Waals surface area contributed by atoms with Crippen LogP contribution in [0.1, 0.15) is 111 Å². The van der Waals surface area contributed by atoms with Gasteiger partial charge in [-0.1, -0.05) is 57.8 Å². The fraction of sp³-hybridized carbons (Fsp3) is 0.548. The summed E-state index contributed by atoms with van der Waals surface area (Å²) >= 11 is 0. The van der Waals surface area contributed by atoms with Crippen LogP contribution in [0.3, 0.4) is 0 Å². The van der Waals surface area contributed by atoms with Gasteiger partial charge >= 0.3 is 11.9 Å². The summed E-state index contributed by atoms with van der Waals surface area (Å²) in [5, 5.41) is 20.1. The lowest BCUT2D eigenvalue weighted by atomic mass is 9.90. The van der Waals surface area contributed by atoms with Crippen LogP contribution < -0.4 is 0 Å². The Hall–Kier alpha value is -3.82. The molecule has 0 fully saturated rings. The average Bonchev–Trinajstić information content (AvgIpc) is 2.92. The van der Waals surface area contributed by atoms with Gasteiger partial charge in [0.15, 0.2) is 23.0 Å². The van der Waals surface area contributed by atoms with Crippen LogP contribution in [0.4, 0.5) is 0 Å². The molecule has 0 heterocycles. The summed E-state index contributed by atoms with van der Waals surface area (Å²) in [5.41, 5.74) is -0.139. The standard InChI is InChI=1S/C31H40O10/c1-18-24(34)28(38)23(31(26(18)36)41-21(4)33)17-15-13-11-9-7-5-6-8-10-12-14-16-22-27(37)25(35)19(2)30(29(22)39)40-20(3)32/h34,37H,5-17H2,1-4H3. The van der Waals surface area contributed by atoms with E-state index in [1.165, 1.54) is 13.8 Å². The van der Waals surface area contributed by atoms with Gasteiger partial charge in [0.1, 0.15) is 0 Å². The molecule has 2 N–H and O–H groups in total. The van der Waals surface area contributed by atoms with Crippen molar-refractivity contribution in [1.29, 1.82) is 0 Å². The molecule has 0 aromatic rings. The van der Waals surface area contributed by atoms with Crippen molar-refractivity contribution in [3.63, 3.8) is 0 Å². The highest BCUT2D eigenvalue weighted by molar-refractivity contribution is 6.24. The molecule has 0 aliphatic heterocycles. The van der Waals surface area contributed by atoms with Gasteiger partial charge in [0.2, 0.25) is 23.1 Å². The molecule has 224 valence electrons. The lowest BCUT2D eigenvalue weighted by Crippen LogP contribution is -2.25. The zero-order chi connectivity index (χ0) is 30.7. The molecule has 0 radical (unpaired) electrons. The van der Waals surface area contributed by atoms with Crippen molar-refractivity contribution in [1.82, 2.24) is 0 Å². The minimum Gasteiger partial charge on any atom is -0.504 e. The number of aliphatic hydroxyl groups excluding tert-OH is 2. The van der Waals surface area contributed by atoms with Gasteiger partial charge in [-0.25, -0.2) is 0 Å². The molecule has 10 nitrogen and oxygen atoms in total. The molecular weight excluding hydrogens is 532 g/mol. The second-order valence-electron chi connectivity index (χ2n) is 10.5. The van der Waals surface area contributed by atoms with E-state index in [1.807, 2.05) is 0 Å². The number of ketones is 4. The first-order chi connectivity index (χ1) is 19.4. The monoisotopic (exact) mass is 572 g/mol. The fourth-order valence-electron chi connectivity index (χ4n) is 4.84. The molecule has 0 saturated heterocycles. The SMILES string of the molecule is CC(=O)OC1=C(C)C(=O)C(O)=C(CCCCCCCCCCCCCC2=C(OC(C)=O)C(=O)C(C)=C(O)C2=O)C1=O. The van der Waals surface area contributed by atoms with Crippen molar-refractivity contribution in [3.05, 3.63) is 45.3 Å². The number of hydrogen-bond acceptors (Lipinski definition) is 10. The first-order valence-electron chi connectivity index (χ1n) is 14.2. The number of Topliss-reactive ketones (excluding diaryl/α,β-unsaturated/α-hetero) is 4. The number of carbonyl (C=O) groups is 6. The quantitative estimate of drug-likeness (QED) is 0.134. The first kappa shape index (κ1) is 33.4. The lowest BCUT2D eigenvalue weighted by molar-refractivity contribution is -0.140. The normalized spacial score (nSPS) is 16.3. The Morgan fingerprint density at radius 1 is 0.512 bits per heavy atom. The highest BCUT2D eigenvalue weighted by Gasteiger charge is 2.35. The second kappa shape index (κ2) is 15.8. The van der Waals surface area contributed by atoms with Crippen molar-refractivity contribution in [2.45, 2.75) is 111 Å². The maximum Gasteiger partial charge on any atom is 0.308 e. The van der Waals surface area contributed by atoms with Gasteiger partial charge in [-0.3, -0.25) is 28.8 Å². The summed E-state index contributed by atoms with van der Waals surface area (Å²) in [6, 6.07) is 0. The third-order valence-electron chi connectivity index (χ3n) is 7.17. The van der Waals surface area contributed by atoms with Gasteiger partial charge in [0.05, 0.1) is 5.57 Å². The van der Waals surface area contributed by atoms with Crippen molar-refractivity contribution < 1.29 is 48.5 Å². The van der Waals surface area contributed by atoms with Gasteiger partial charge < -0.3 is 19.7 Å². The van der Waals surface area contributed by atoms with Crippen LogP contribution in [-0.2, 0) is 38.2 Å². The molecule has 0 atom stereocenters. The Morgan fingerprint density at radius 2 is 0.927 bits per heavy atom. The van der Waals surface area contributed by atoms with E-state index < -0.39 is 46.6 Å². The molecule has 41 heavy (non-hydrogen) atoms. The summed E-state index contributed by atoms with van der Waals surface area (Å²) in [6.07, 6.45) is 10.6. The molecule has 10 heteroatoms. The summed E-state index contributed by atoms with van der Waals surface area (Å²) in [4.78, 5) is 72.2. The van der Waals surface area contributed by atoms with Gasteiger partial charge in [0, 0.05) is 30.6 Å². The highest BCUT2D eigenvalue weighted by Crippen LogP contribution is 2.29. The van der Waals surface area contributed by atoms with Crippen molar-refractivity contribution in [2.75, 3.05) is 0 Å². The van der Waals surface area contributed by atoms with Gasteiger partial charge in [-0.2, -0.15) is 0 Å². The minimum absolute atomic E-state index is 0.00132. The number of unbranched alkanes of at least 4 members (excludes halogenated alkanes) is 10. The second-order valence-corrected chi connectivity index (χ2v) is 10.5. The van der Waals surface area contributed by atoms with Gasteiger partial charge in [-0.15, -0.1) is 0 Å². The molecule has 0 unspecified atom stereocenters. The summed E-state index contributed by atoms with van der Waals surface area (Å²) < 4.78 is 9.90. The summed E-state index contributed by atoms with van der Waals surface area (Å²) in [6.45, 7) is 4.98. The Balaban J connectivity index is 1.60. The van der Waals surface area contributed by atoms with Crippen LogP contribution in [-0.4, -0.2) is 45.3 Å². The predicted octanol–water partition coefficient (Wildman–Crippen LogP) is 5.66. The lowest BCUT2D eigenvalue weighted by Gasteiger charge is -2.18. The van der Waals surface area contributed by atoms with E-state index in [1.54, 1.807) is 0 Å². The molecule has 0 aromatic heterocycles. The number of allylic oxidation sites excluding steroid dienone is 4. The zero-order valence-corrected chi connectivity index (χ0v) is 24.4. The number of aliphatic hydroxyl groups is 2. The Labute approximate surface area is 240 Å². The van der Waals surface area contributed by atoms with E-state index in [2.05, 4.69) is 0 Å². The minimum atomic E-state index is -0.698.